The Morgan fingerprint density at radius 1 is 1.42 bits per heavy atom. The molecule has 0 fully saturated rings. The number of quaternary nitrogens is 1. The molecule has 0 aliphatic rings. The van der Waals surface area contributed by atoms with Crippen molar-refractivity contribution < 1.29 is 9.69 Å². The lowest BCUT2D eigenvalue weighted by atomic mass is 10.2. The number of nitrogens with one attached hydrogen (secondary N) is 2. The number of para-hydroxylation sites is 1. The van der Waals surface area contributed by atoms with Gasteiger partial charge in [-0.2, -0.15) is 0 Å². The second-order valence-corrected chi connectivity index (χ2v) is 4.45. The van der Waals surface area contributed by atoms with Crippen LogP contribution in [0.15, 0.2) is 29.1 Å². The Kier molecular flexibility index (Phi) is 3.91. The van der Waals surface area contributed by atoms with E-state index in [9.17, 15) is 9.59 Å². The first-order chi connectivity index (χ1) is 9.10. The number of primary amides is 1. The highest BCUT2D eigenvalue weighted by molar-refractivity contribution is 5.77. The monoisotopic (exact) mass is 261 g/mol. The number of nitrogens with two attached hydrogens (primary N) is 1. The normalized spacial score (nSPS) is 12.5. The fraction of sp³-hybridized carbons (Fsp3) is 0.308. The van der Waals surface area contributed by atoms with Gasteiger partial charge in [0.05, 0.1) is 17.4 Å². The number of carbonyl (C=O) groups excluding carboxylic acids is 1. The molecule has 0 aliphatic carbocycles. The number of hydrogen-bond donors (Lipinski definition) is 3. The van der Waals surface area contributed by atoms with Crippen LogP contribution in [0.4, 0.5) is 0 Å². The van der Waals surface area contributed by atoms with E-state index < -0.39 is 0 Å². The number of likely N-dealkylation sites (N-methyl/N-ethyl adjacent to an activating group) is 1. The lowest BCUT2D eigenvalue weighted by Crippen LogP contribution is -3.11. The third-order valence-electron chi connectivity index (χ3n) is 3.00. The Balaban J connectivity index is 2.30. The molecule has 1 aromatic heterocycles. The molecule has 0 spiro atoms. The molecule has 6 nitrogen and oxygen atoms in total. The first kappa shape index (κ1) is 13.2. The van der Waals surface area contributed by atoms with Crippen LogP contribution >= 0.6 is 0 Å². The van der Waals surface area contributed by atoms with Gasteiger partial charge in [0, 0.05) is 0 Å². The predicted molar refractivity (Wildman–Crippen MR) is 71.6 cm³/mol. The molecule has 1 amide bonds. The minimum atomic E-state index is -0.361. The van der Waals surface area contributed by atoms with Gasteiger partial charge in [-0.25, -0.2) is 4.98 Å². The van der Waals surface area contributed by atoms with Crippen LogP contribution in [0.2, 0.25) is 0 Å². The van der Waals surface area contributed by atoms with Gasteiger partial charge in [-0.15, -0.1) is 0 Å². The van der Waals surface area contributed by atoms with E-state index in [1.807, 2.05) is 13.0 Å². The summed E-state index contributed by atoms with van der Waals surface area (Å²) in [6.45, 7) is 3.39. The first-order valence-corrected chi connectivity index (χ1v) is 6.20. The van der Waals surface area contributed by atoms with Gasteiger partial charge in [0.1, 0.15) is 6.54 Å². The summed E-state index contributed by atoms with van der Waals surface area (Å²) in [6, 6.07) is 7.18. The summed E-state index contributed by atoms with van der Waals surface area (Å²) in [6.07, 6.45) is 0. The number of aromatic amines is 1. The van der Waals surface area contributed by atoms with Gasteiger partial charge >= 0.3 is 0 Å². The Bertz CT molecular complexity index is 650. The van der Waals surface area contributed by atoms with E-state index in [0.29, 0.717) is 23.3 Å². The zero-order valence-corrected chi connectivity index (χ0v) is 10.8. The Hall–Kier alpha value is -2.21. The number of amides is 1. The zero-order chi connectivity index (χ0) is 13.8. The number of H-pyrrole nitrogens is 1. The number of carbonyl (C=O) groups is 1. The molecular formula is C13H17N4O2+. The fourth-order valence-electron chi connectivity index (χ4n) is 2.01. The van der Waals surface area contributed by atoms with E-state index in [0.717, 1.165) is 11.4 Å². The van der Waals surface area contributed by atoms with Crippen molar-refractivity contribution in [1.82, 2.24) is 9.97 Å². The van der Waals surface area contributed by atoms with E-state index in [-0.39, 0.29) is 18.0 Å². The Morgan fingerprint density at radius 2 is 2.16 bits per heavy atom. The molecule has 19 heavy (non-hydrogen) atoms. The topological polar surface area (TPSA) is 93.3 Å². The van der Waals surface area contributed by atoms with Gasteiger partial charge in [0.2, 0.25) is 0 Å². The molecule has 2 rings (SSSR count). The first-order valence-electron chi connectivity index (χ1n) is 6.20. The molecule has 0 saturated carbocycles. The fourth-order valence-corrected chi connectivity index (χ4v) is 2.01. The second kappa shape index (κ2) is 5.62. The van der Waals surface area contributed by atoms with Crippen molar-refractivity contribution in [1.29, 1.82) is 0 Å². The van der Waals surface area contributed by atoms with E-state index >= 15 is 0 Å². The summed E-state index contributed by atoms with van der Waals surface area (Å²) in [4.78, 5) is 31.0. The van der Waals surface area contributed by atoms with Crippen LogP contribution in [0, 0.1) is 0 Å². The van der Waals surface area contributed by atoms with Crippen molar-refractivity contribution >= 4 is 16.8 Å². The summed E-state index contributed by atoms with van der Waals surface area (Å²) in [5, 5.41) is 0.569. The molecule has 0 radical (unpaired) electrons. The van der Waals surface area contributed by atoms with E-state index in [4.69, 9.17) is 5.73 Å². The number of benzene rings is 1. The standard InChI is InChI=1S/C13H16N4O2/c1-2-17(7-11(14)18)8-12-15-10-6-4-3-5-9(10)13(19)16-12/h3-6H,2,7-8H2,1H3,(H2,14,18)(H,15,16,19)/p+1. The molecule has 0 saturated heterocycles. The van der Waals surface area contributed by atoms with Gasteiger partial charge in [-0.3, -0.25) is 9.59 Å². The molecule has 2 aromatic rings. The van der Waals surface area contributed by atoms with Crippen molar-refractivity contribution in [3.8, 4) is 0 Å². The van der Waals surface area contributed by atoms with Crippen LogP contribution in [0.25, 0.3) is 10.9 Å². The summed E-state index contributed by atoms with van der Waals surface area (Å²) < 4.78 is 0. The second-order valence-electron chi connectivity index (χ2n) is 4.45. The molecule has 1 unspecified atom stereocenters. The quantitative estimate of drug-likeness (QED) is 0.632. The molecule has 4 N–H and O–H groups in total. The van der Waals surface area contributed by atoms with Gasteiger partial charge in [0.25, 0.3) is 11.5 Å². The number of nitrogens with zero attached hydrogens (tertiary/aromatic N) is 1. The highest BCUT2D eigenvalue weighted by Gasteiger charge is 2.13. The van der Waals surface area contributed by atoms with Gasteiger partial charge < -0.3 is 15.6 Å². The number of fused-ring (bicyclic) bond motifs is 1. The maximum atomic E-state index is 11.9. The molecule has 1 heterocycles. The summed E-state index contributed by atoms with van der Waals surface area (Å²) in [5.74, 6) is 0.210. The lowest BCUT2D eigenvalue weighted by molar-refractivity contribution is -0.904. The van der Waals surface area contributed by atoms with Crippen LogP contribution < -0.4 is 16.2 Å². The SMILES string of the molecule is CC[NH+](CC(N)=O)Cc1nc2ccccc2c(=O)[nH]1. The van der Waals surface area contributed by atoms with Crippen LogP contribution in [0.1, 0.15) is 12.7 Å². The molecular weight excluding hydrogens is 244 g/mol. The highest BCUT2D eigenvalue weighted by atomic mass is 16.1. The third kappa shape index (κ3) is 3.17. The van der Waals surface area contributed by atoms with Gasteiger partial charge in [-0.05, 0) is 19.1 Å². The minimum Gasteiger partial charge on any atom is -0.365 e. The summed E-state index contributed by atoms with van der Waals surface area (Å²) in [5.41, 5.74) is 5.70. The van der Waals surface area contributed by atoms with Crippen molar-refractivity contribution in [2.24, 2.45) is 5.73 Å². The highest BCUT2D eigenvalue weighted by Crippen LogP contribution is 2.04. The predicted octanol–water partition coefficient (Wildman–Crippen LogP) is -1.19. The van der Waals surface area contributed by atoms with Crippen LogP contribution in [0.3, 0.4) is 0 Å². The van der Waals surface area contributed by atoms with E-state index in [2.05, 4.69) is 9.97 Å². The maximum Gasteiger partial charge on any atom is 0.272 e. The molecule has 1 atom stereocenters. The smallest absolute Gasteiger partial charge is 0.272 e. The third-order valence-corrected chi connectivity index (χ3v) is 3.00. The zero-order valence-electron chi connectivity index (χ0n) is 10.8. The van der Waals surface area contributed by atoms with Crippen LogP contribution in [0.5, 0.6) is 0 Å². The van der Waals surface area contributed by atoms with Crippen molar-refractivity contribution in [3.05, 3.63) is 40.4 Å². The number of hydrogen-bond acceptors (Lipinski definition) is 3. The van der Waals surface area contributed by atoms with Gasteiger partial charge in [-0.1, -0.05) is 12.1 Å². The molecule has 0 bridgehead atoms. The lowest BCUT2D eigenvalue weighted by Gasteiger charge is -2.15. The van der Waals surface area contributed by atoms with Crippen molar-refractivity contribution in [2.45, 2.75) is 13.5 Å². The molecule has 100 valence electrons. The summed E-state index contributed by atoms with van der Waals surface area (Å²) in [7, 11) is 0. The number of rotatable bonds is 5. The van der Waals surface area contributed by atoms with Crippen molar-refractivity contribution in [3.63, 3.8) is 0 Å². The average Bonchev–Trinajstić information content (AvgIpc) is 2.37. The largest absolute Gasteiger partial charge is 0.365 e. The van der Waals surface area contributed by atoms with Crippen LogP contribution in [-0.4, -0.2) is 29.0 Å². The van der Waals surface area contributed by atoms with E-state index in [1.165, 1.54) is 0 Å². The Labute approximate surface area is 110 Å². The molecule has 6 heteroatoms. The van der Waals surface area contributed by atoms with E-state index in [1.54, 1.807) is 18.2 Å². The molecule has 0 aliphatic heterocycles. The summed E-state index contributed by atoms with van der Waals surface area (Å²) >= 11 is 0. The Morgan fingerprint density at radius 3 is 2.84 bits per heavy atom. The van der Waals surface area contributed by atoms with Crippen molar-refractivity contribution in [2.75, 3.05) is 13.1 Å². The average molecular weight is 261 g/mol. The number of aromatic nitrogens is 2. The minimum absolute atomic E-state index is 0.157. The van der Waals surface area contributed by atoms with Gasteiger partial charge in [0.15, 0.2) is 12.4 Å². The maximum absolute atomic E-state index is 11.9. The molecule has 1 aromatic carbocycles. The van der Waals surface area contributed by atoms with Crippen LogP contribution in [-0.2, 0) is 11.3 Å².